The number of fused-ring (bicyclic) bond motifs is 2. The van der Waals surface area contributed by atoms with Crippen LogP contribution in [0.2, 0.25) is 0 Å². The average molecular weight is 263 g/mol. The highest BCUT2D eigenvalue weighted by molar-refractivity contribution is 5.94. The number of amides is 1. The van der Waals surface area contributed by atoms with Crippen LogP contribution >= 0.6 is 0 Å². The van der Waals surface area contributed by atoms with Gasteiger partial charge in [0.15, 0.2) is 0 Å². The predicted molar refractivity (Wildman–Crippen MR) is 67.5 cm³/mol. The molecule has 1 aromatic rings. The fraction of sp³-hybridized carbons (Fsp3) is 0.538. The number of carboxylic acid groups (broad SMARTS) is 1. The maximum atomic E-state index is 12.1. The highest BCUT2D eigenvalue weighted by atomic mass is 16.4. The molecule has 0 spiro atoms. The average Bonchev–Trinajstić information content (AvgIpc) is 2.98. The van der Waals surface area contributed by atoms with Gasteiger partial charge in [0.1, 0.15) is 0 Å². The molecule has 1 aromatic heterocycles. The Morgan fingerprint density at radius 1 is 1.47 bits per heavy atom. The number of nitrogens with one attached hydrogen (secondary N) is 3. The number of piperidine rings is 1. The number of aliphatic carboxylic acids is 1. The zero-order valence-electron chi connectivity index (χ0n) is 10.5. The van der Waals surface area contributed by atoms with Gasteiger partial charge in [-0.15, -0.1) is 0 Å². The highest BCUT2D eigenvalue weighted by Gasteiger charge is 2.48. The molecule has 102 valence electrons. The zero-order valence-corrected chi connectivity index (χ0v) is 10.5. The topological polar surface area (TPSA) is 94.2 Å². The van der Waals surface area contributed by atoms with Crippen molar-refractivity contribution < 1.29 is 14.7 Å². The van der Waals surface area contributed by atoms with Crippen LogP contribution in [0, 0.1) is 5.92 Å². The summed E-state index contributed by atoms with van der Waals surface area (Å²) in [5, 5.41) is 15.5. The third-order valence-electron chi connectivity index (χ3n) is 4.13. The number of H-pyrrole nitrogens is 1. The van der Waals surface area contributed by atoms with Crippen molar-refractivity contribution in [3.8, 4) is 0 Å². The smallest absolute Gasteiger partial charge is 0.306 e. The lowest BCUT2D eigenvalue weighted by molar-refractivity contribution is -0.143. The lowest BCUT2D eigenvalue weighted by atomic mass is 9.88. The van der Waals surface area contributed by atoms with Gasteiger partial charge < -0.3 is 15.4 Å². The van der Waals surface area contributed by atoms with Crippen LogP contribution < -0.4 is 10.6 Å². The Morgan fingerprint density at radius 3 is 3.00 bits per heavy atom. The van der Waals surface area contributed by atoms with E-state index in [2.05, 4.69) is 15.6 Å². The summed E-state index contributed by atoms with van der Waals surface area (Å²) in [5.41, 5.74) is 0.0115. The summed E-state index contributed by atoms with van der Waals surface area (Å²) < 4.78 is 0. The van der Waals surface area contributed by atoms with E-state index in [-0.39, 0.29) is 17.9 Å². The number of rotatable bonds is 3. The fourth-order valence-corrected chi connectivity index (χ4v) is 3.23. The third kappa shape index (κ3) is 2.23. The van der Waals surface area contributed by atoms with E-state index in [1.807, 2.05) is 0 Å². The number of aromatic amines is 1. The Morgan fingerprint density at radius 2 is 2.32 bits per heavy atom. The molecule has 3 rings (SSSR count). The van der Waals surface area contributed by atoms with Crippen LogP contribution in [-0.4, -0.2) is 33.7 Å². The molecule has 2 fully saturated rings. The second-order valence-electron chi connectivity index (χ2n) is 5.49. The van der Waals surface area contributed by atoms with E-state index in [1.54, 1.807) is 18.5 Å². The van der Waals surface area contributed by atoms with Crippen molar-refractivity contribution in [3.05, 3.63) is 24.0 Å². The molecule has 2 bridgehead atoms. The van der Waals surface area contributed by atoms with Crippen molar-refractivity contribution in [1.82, 2.24) is 15.6 Å². The van der Waals surface area contributed by atoms with Crippen molar-refractivity contribution in [2.75, 3.05) is 0 Å². The molecule has 3 unspecified atom stereocenters. The minimum atomic E-state index is -0.770. The molecule has 3 atom stereocenters. The number of hydrogen-bond acceptors (Lipinski definition) is 3. The quantitative estimate of drug-likeness (QED) is 0.645. The standard InChI is InChI=1S/C13H17N3O3/c17-11(8-2-4-14-7-8)16-13-3-1-10(15-13)5-9(6-13)12(18)19/h2,4,7,9-10,14-15H,1,3,5-6H2,(H,16,17)(H,18,19). The zero-order chi connectivity index (χ0) is 13.5. The van der Waals surface area contributed by atoms with E-state index in [0.29, 0.717) is 18.4 Å². The van der Waals surface area contributed by atoms with E-state index in [4.69, 9.17) is 0 Å². The molecule has 2 aliphatic rings. The largest absolute Gasteiger partial charge is 0.481 e. The van der Waals surface area contributed by atoms with E-state index in [1.165, 1.54) is 0 Å². The number of carbonyl (C=O) groups is 2. The van der Waals surface area contributed by atoms with Gasteiger partial charge in [0.2, 0.25) is 0 Å². The van der Waals surface area contributed by atoms with Gasteiger partial charge in [-0.25, -0.2) is 0 Å². The molecule has 0 saturated carbocycles. The minimum absolute atomic E-state index is 0.166. The van der Waals surface area contributed by atoms with Gasteiger partial charge in [0, 0.05) is 18.4 Å². The van der Waals surface area contributed by atoms with Gasteiger partial charge in [-0.2, -0.15) is 0 Å². The van der Waals surface area contributed by atoms with Gasteiger partial charge >= 0.3 is 5.97 Å². The number of carbonyl (C=O) groups excluding carboxylic acids is 1. The van der Waals surface area contributed by atoms with Crippen LogP contribution in [0.1, 0.15) is 36.0 Å². The fourth-order valence-electron chi connectivity index (χ4n) is 3.23. The van der Waals surface area contributed by atoms with Crippen LogP contribution in [0.5, 0.6) is 0 Å². The van der Waals surface area contributed by atoms with Crippen LogP contribution in [0.15, 0.2) is 18.5 Å². The normalized spacial score (nSPS) is 33.1. The molecule has 6 heteroatoms. The lowest BCUT2D eigenvalue weighted by Crippen LogP contribution is -2.61. The summed E-state index contributed by atoms with van der Waals surface area (Å²) in [4.78, 5) is 26.1. The molecular weight excluding hydrogens is 246 g/mol. The molecule has 2 saturated heterocycles. The Bertz CT molecular complexity index is 499. The number of hydrogen-bond donors (Lipinski definition) is 4. The molecule has 0 aromatic carbocycles. The highest BCUT2D eigenvalue weighted by Crippen LogP contribution is 2.37. The summed E-state index contributed by atoms with van der Waals surface area (Å²) >= 11 is 0. The summed E-state index contributed by atoms with van der Waals surface area (Å²) in [6, 6.07) is 1.90. The third-order valence-corrected chi connectivity index (χ3v) is 4.13. The molecule has 1 amide bonds. The van der Waals surface area contributed by atoms with Crippen molar-refractivity contribution in [3.63, 3.8) is 0 Å². The summed E-state index contributed by atoms with van der Waals surface area (Å²) in [6.45, 7) is 0. The monoisotopic (exact) mass is 263 g/mol. The first-order valence-corrected chi connectivity index (χ1v) is 6.54. The molecule has 3 heterocycles. The van der Waals surface area contributed by atoms with Gasteiger partial charge in [0.25, 0.3) is 5.91 Å². The van der Waals surface area contributed by atoms with Crippen molar-refractivity contribution in [2.45, 2.75) is 37.4 Å². The molecule has 2 aliphatic heterocycles. The van der Waals surface area contributed by atoms with Crippen molar-refractivity contribution in [2.24, 2.45) is 5.92 Å². The summed E-state index contributed by atoms with van der Waals surface area (Å²) in [7, 11) is 0. The van der Waals surface area contributed by atoms with Crippen LogP contribution in [0.25, 0.3) is 0 Å². The molecule has 4 N–H and O–H groups in total. The SMILES string of the molecule is O=C(NC12CCC(CC(C(=O)O)C1)N2)c1cc[nH]c1. The predicted octanol–water partition coefficient (Wildman–Crippen LogP) is 0.687. The van der Waals surface area contributed by atoms with E-state index in [9.17, 15) is 14.7 Å². The van der Waals surface area contributed by atoms with E-state index in [0.717, 1.165) is 12.8 Å². The van der Waals surface area contributed by atoms with E-state index < -0.39 is 11.6 Å². The molecule has 19 heavy (non-hydrogen) atoms. The van der Waals surface area contributed by atoms with Gasteiger partial charge in [-0.1, -0.05) is 0 Å². The van der Waals surface area contributed by atoms with Crippen LogP contribution in [-0.2, 0) is 4.79 Å². The maximum absolute atomic E-state index is 12.1. The Kier molecular flexibility index (Phi) is 2.82. The molecule has 0 radical (unpaired) electrons. The molecular formula is C13H17N3O3. The van der Waals surface area contributed by atoms with Crippen molar-refractivity contribution in [1.29, 1.82) is 0 Å². The van der Waals surface area contributed by atoms with Gasteiger partial charge in [0.05, 0.1) is 17.1 Å². The summed E-state index contributed by atoms with van der Waals surface area (Å²) in [6.07, 6.45) is 6.13. The lowest BCUT2D eigenvalue weighted by Gasteiger charge is -2.38. The molecule has 0 aliphatic carbocycles. The second kappa shape index (κ2) is 4.38. The first kappa shape index (κ1) is 12.2. The Balaban J connectivity index is 1.75. The minimum Gasteiger partial charge on any atom is -0.481 e. The van der Waals surface area contributed by atoms with Crippen molar-refractivity contribution >= 4 is 11.9 Å². The summed E-state index contributed by atoms with van der Waals surface area (Å²) in [5.74, 6) is -1.31. The number of aromatic nitrogens is 1. The second-order valence-corrected chi connectivity index (χ2v) is 5.49. The number of carboxylic acids is 1. The van der Waals surface area contributed by atoms with E-state index >= 15 is 0 Å². The van der Waals surface area contributed by atoms with Gasteiger partial charge in [-0.3, -0.25) is 14.9 Å². The Labute approximate surface area is 110 Å². The first-order valence-electron chi connectivity index (χ1n) is 6.54. The van der Waals surface area contributed by atoms with Crippen LogP contribution in [0.3, 0.4) is 0 Å². The first-order chi connectivity index (χ1) is 9.08. The maximum Gasteiger partial charge on any atom is 0.306 e. The van der Waals surface area contributed by atoms with Crippen LogP contribution in [0.4, 0.5) is 0 Å². The Hall–Kier alpha value is -1.82. The molecule has 6 nitrogen and oxygen atoms in total. The van der Waals surface area contributed by atoms with Gasteiger partial charge in [-0.05, 0) is 31.7 Å².